The van der Waals surface area contributed by atoms with Gasteiger partial charge in [0.1, 0.15) is 6.04 Å². The predicted molar refractivity (Wildman–Crippen MR) is 46.6 cm³/mol. The Labute approximate surface area is 79.5 Å². The zero-order valence-electron chi connectivity index (χ0n) is 6.53. The first-order valence-electron chi connectivity index (χ1n) is 4.09. The zero-order chi connectivity index (χ0) is 8.72. The summed E-state index contributed by atoms with van der Waals surface area (Å²) < 4.78 is 0. The molecule has 3 unspecified atom stereocenters. The van der Waals surface area contributed by atoms with E-state index >= 15 is 0 Å². The number of Topliss-reactive ketones (excluding diaryl/α,β-unsaturated/α-hetero) is 1. The van der Waals surface area contributed by atoms with Gasteiger partial charge in [0, 0.05) is 17.3 Å². The van der Waals surface area contributed by atoms with E-state index in [1.165, 1.54) is 0 Å². The number of hydrogen-bond donors (Lipinski definition) is 0. The minimum Gasteiger partial charge on any atom is -0.297 e. The molecule has 0 aliphatic carbocycles. The van der Waals surface area contributed by atoms with Crippen molar-refractivity contribution in [3.63, 3.8) is 0 Å². The summed E-state index contributed by atoms with van der Waals surface area (Å²) in [6.07, 6.45) is 4.66. The molecule has 12 heavy (non-hydrogen) atoms. The summed E-state index contributed by atoms with van der Waals surface area (Å²) in [6.45, 7) is 0. The molecular formula is C8H9BrN2O. The fourth-order valence-corrected chi connectivity index (χ4v) is 2.92. The molecule has 2 saturated heterocycles. The summed E-state index contributed by atoms with van der Waals surface area (Å²) in [6, 6.07) is 0.0232. The van der Waals surface area contributed by atoms with E-state index in [2.05, 4.69) is 22.1 Å². The number of hydrogen-bond acceptors (Lipinski definition) is 3. The van der Waals surface area contributed by atoms with E-state index in [-0.39, 0.29) is 22.7 Å². The van der Waals surface area contributed by atoms with Crippen molar-refractivity contribution in [2.75, 3.05) is 0 Å². The number of nitriles is 1. The molecule has 2 aliphatic heterocycles. The zero-order valence-corrected chi connectivity index (χ0v) is 8.12. The number of carbonyl (C=O) groups excluding carboxylic acids is 1. The van der Waals surface area contributed by atoms with Gasteiger partial charge in [0.05, 0.1) is 0 Å². The average Bonchev–Trinajstić information content (AvgIpc) is 2.30. The molecule has 3 atom stereocenters. The Morgan fingerprint density at radius 3 is 2.92 bits per heavy atom. The van der Waals surface area contributed by atoms with Crippen molar-refractivity contribution in [2.45, 2.75) is 36.2 Å². The van der Waals surface area contributed by atoms with Crippen LogP contribution in [0.1, 0.15) is 19.3 Å². The normalized spacial score (nSPS) is 39.8. The fourth-order valence-electron chi connectivity index (χ4n) is 2.10. The number of nitrogens with zero attached hydrogens (tertiary/aromatic N) is 2. The standard InChI is InChI=1S/C8H9BrN2O/c9-6-2-1-5-3-7(12)8(6)11(5)4-10/h5-6,8H,1-3H2. The Bertz CT molecular complexity index is 260. The number of halogens is 1. The van der Waals surface area contributed by atoms with Crippen LogP contribution in [-0.4, -0.2) is 27.6 Å². The Morgan fingerprint density at radius 1 is 1.58 bits per heavy atom. The van der Waals surface area contributed by atoms with Gasteiger partial charge in [-0.3, -0.25) is 9.69 Å². The van der Waals surface area contributed by atoms with Crippen molar-refractivity contribution in [1.29, 1.82) is 5.26 Å². The minimum absolute atomic E-state index is 0.172. The van der Waals surface area contributed by atoms with Gasteiger partial charge in [0.15, 0.2) is 12.0 Å². The first kappa shape index (κ1) is 8.06. The van der Waals surface area contributed by atoms with E-state index in [9.17, 15) is 4.79 Å². The second-order valence-corrected chi connectivity index (χ2v) is 4.55. The predicted octanol–water partition coefficient (Wildman–Crippen LogP) is 1.04. The SMILES string of the molecule is N#CN1C2CCC(Br)C1C(=O)C2. The summed E-state index contributed by atoms with van der Waals surface area (Å²) in [5.41, 5.74) is 0. The highest BCUT2D eigenvalue weighted by molar-refractivity contribution is 9.09. The van der Waals surface area contributed by atoms with Gasteiger partial charge in [0.25, 0.3) is 0 Å². The maximum atomic E-state index is 11.4. The molecule has 0 aromatic heterocycles. The molecule has 0 amide bonds. The van der Waals surface area contributed by atoms with Crippen LogP contribution in [0.2, 0.25) is 0 Å². The van der Waals surface area contributed by atoms with Crippen LogP contribution in [0, 0.1) is 11.5 Å². The topological polar surface area (TPSA) is 44.1 Å². The quantitative estimate of drug-likeness (QED) is 0.460. The number of piperidine rings is 1. The summed E-state index contributed by atoms with van der Waals surface area (Å²) in [5.74, 6) is 0.223. The maximum absolute atomic E-state index is 11.4. The summed E-state index contributed by atoms with van der Waals surface area (Å²) in [5, 5.41) is 8.81. The van der Waals surface area contributed by atoms with Gasteiger partial charge >= 0.3 is 0 Å². The van der Waals surface area contributed by atoms with Crippen molar-refractivity contribution < 1.29 is 4.79 Å². The second-order valence-electron chi connectivity index (χ2n) is 3.37. The minimum atomic E-state index is -0.172. The molecule has 0 radical (unpaired) electrons. The molecule has 2 bridgehead atoms. The third-order valence-corrected chi connectivity index (χ3v) is 3.65. The summed E-state index contributed by atoms with van der Waals surface area (Å²) >= 11 is 3.45. The highest BCUT2D eigenvalue weighted by atomic mass is 79.9. The lowest BCUT2D eigenvalue weighted by Gasteiger charge is -2.31. The van der Waals surface area contributed by atoms with Crippen molar-refractivity contribution in [1.82, 2.24) is 4.90 Å². The van der Waals surface area contributed by atoms with Crippen LogP contribution in [-0.2, 0) is 4.79 Å². The molecule has 2 aliphatic rings. The number of carbonyl (C=O) groups is 1. The number of fused-ring (bicyclic) bond motifs is 2. The third kappa shape index (κ3) is 0.962. The molecule has 0 N–H and O–H groups in total. The lowest BCUT2D eigenvalue weighted by Crippen LogP contribution is -2.44. The van der Waals surface area contributed by atoms with Crippen LogP contribution < -0.4 is 0 Å². The first-order chi connectivity index (χ1) is 5.74. The molecule has 4 heteroatoms. The van der Waals surface area contributed by atoms with E-state index in [1.54, 1.807) is 4.90 Å². The molecule has 0 spiro atoms. The Kier molecular flexibility index (Phi) is 1.84. The van der Waals surface area contributed by atoms with E-state index in [4.69, 9.17) is 5.26 Å². The monoisotopic (exact) mass is 228 g/mol. The Hall–Kier alpha value is -0.560. The smallest absolute Gasteiger partial charge is 0.180 e. The second kappa shape index (κ2) is 2.74. The Balaban J connectivity index is 2.30. The van der Waals surface area contributed by atoms with Crippen molar-refractivity contribution in [2.24, 2.45) is 0 Å². The number of ketones is 1. The lowest BCUT2D eigenvalue weighted by atomic mass is 10.0. The van der Waals surface area contributed by atoms with Crippen LogP contribution in [0.4, 0.5) is 0 Å². The molecule has 2 fully saturated rings. The van der Waals surface area contributed by atoms with Crippen LogP contribution >= 0.6 is 15.9 Å². The van der Waals surface area contributed by atoms with E-state index in [0.717, 1.165) is 12.8 Å². The van der Waals surface area contributed by atoms with Crippen LogP contribution in [0.15, 0.2) is 0 Å². The van der Waals surface area contributed by atoms with Gasteiger partial charge in [-0.2, -0.15) is 5.26 Å². The van der Waals surface area contributed by atoms with Crippen molar-refractivity contribution in [3.8, 4) is 6.19 Å². The maximum Gasteiger partial charge on any atom is 0.180 e. The van der Waals surface area contributed by atoms with Gasteiger partial charge in [0.2, 0.25) is 0 Å². The van der Waals surface area contributed by atoms with Crippen molar-refractivity contribution >= 4 is 21.7 Å². The van der Waals surface area contributed by atoms with Gasteiger partial charge in [-0.25, -0.2) is 0 Å². The molecule has 2 rings (SSSR count). The molecule has 0 aromatic rings. The number of alkyl halides is 1. The van der Waals surface area contributed by atoms with Gasteiger partial charge < -0.3 is 0 Å². The molecular weight excluding hydrogens is 220 g/mol. The van der Waals surface area contributed by atoms with E-state index < -0.39 is 0 Å². The Morgan fingerprint density at radius 2 is 2.33 bits per heavy atom. The largest absolute Gasteiger partial charge is 0.297 e. The number of rotatable bonds is 0. The van der Waals surface area contributed by atoms with E-state index in [0.29, 0.717) is 6.42 Å². The molecule has 2 heterocycles. The van der Waals surface area contributed by atoms with Crippen LogP contribution in [0.5, 0.6) is 0 Å². The van der Waals surface area contributed by atoms with Gasteiger partial charge in [-0.1, -0.05) is 15.9 Å². The fraction of sp³-hybridized carbons (Fsp3) is 0.750. The lowest BCUT2D eigenvalue weighted by molar-refractivity contribution is -0.119. The third-order valence-electron chi connectivity index (χ3n) is 2.69. The van der Waals surface area contributed by atoms with Crippen LogP contribution in [0.25, 0.3) is 0 Å². The molecule has 0 saturated carbocycles. The van der Waals surface area contributed by atoms with Gasteiger partial charge in [-0.15, -0.1) is 0 Å². The summed E-state index contributed by atoms with van der Waals surface area (Å²) in [7, 11) is 0. The van der Waals surface area contributed by atoms with Crippen LogP contribution in [0.3, 0.4) is 0 Å². The highest BCUT2D eigenvalue weighted by Gasteiger charge is 2.46. The molecule has 3 nitrogen and oxygen atoms in total. The first-order valence-corrected chi connectivity index (χ1v) is 5.00. The molecule has 64 valence electrons. The highest BCUT2D eigenvalue weighted by Crippen LogP contribution is 2.36. The van der Waals surface area contributed by atoms with E-state index in [1.807, 2.05) is 0 Å². The molecule has 0 aromatic carbocycles. The summed E-state index contributed by atoms with van der Waals surface area (Å²) in [4.78, 5) is 13.3. The van der Waals surface area contributed by atoms with Gasteiger partial charge in [-0.05, 0) is 12.8 Å². The van der Waals surface area contributed by atoms with Crippen molar-refractivity contribution in [3.05, 3.63) is 0 Å². The average molecular weight is 229 g/mol.